The minimum atomic E-state index is -0.121. The van der Waals surface area contributed by atoms with Gasteiger partial charge in [0.2, 0.25) is 5.91 Å². The van der Waals surface area contributed by atoms with E-state index < -0.39 is 0 Å². The lowest BCUT2D eigenvalue weighted by Crippen LogP contribution is -2.17. The molecule has 0 aliphatic carbocycles. The molecule has 0 radical (unpaired) electrons. The van der Waals surface area contributed by atoms with Gasteiger partial charge in [0.15, 0.2) is 11.5 Å². The van der Waals surface area contributed by atoms with Gasteiger partial charge < -0.3 is 14.8 Å². The Kier molecular flexibility index (Phi) is 5.99. The first-order valence-corrected chi connectivity index (χ1v) is 9.59. The van der Waals surface area contributed by atoms with Crippen LogP contribution in [0.15, 0.2) is 36.4 Å². The molecule has 25 heavy (non-hydrogen) atoms. The number of benzene rings is 2. The first-order valence-electron chi connectivity index (χ1n) is 7.79. The molecule has 2 aromatic carbocycles. The molecule has 1 amide bonds. The van der Waals surface area contributed by atoms with Crippen LogP contribution in [0.5, 0.6) is 11.5 Å². The van der Waals surface area contributed by atoms with Crippen molar-refractivity contribution in [1.82, 2.24) is 0 Å². The Balaban J connectivity index is 1.58. The smallest absolute Gasteiger partial charge is 0.234 e. The summed E-state index contributed by atoms with van der Waals surface area (Å²) in [6.45, 7) is 3.03. The molecule has 2 aromatic rings. The zero-order chi connectivity index (χ0) is 17.8. The van der Waals surface area contributed by atoms with E-state index in [4.69, 9.17) is 32.7 Å². The standard InChI is InChI=1S/C18H17Cl2NO3S/c1-11(12-2-4-13(19)5-3-12)25-10-18(22)21-15-9-17-16(8-14(15)20)23-6-7-24-17/h2-5,8-9,11H,6-7,10H2,1H3,(H,21,22). The fourth-order valence-electron chi connectivity index (χ4n) is 2.38. The van der Waals surface area contributed by atoms with Gasteiger partial charge in [-0.3, -0.25) is 4.79 Å². The van der Waals surface area contributed by atoms with Gasteiger partial charge in [0.1, 0.15) is 13.2 Å². The lowest BCUT2D eigenvalue weighted by Gasteiger charge is -2.20. The van der Waals surface area contributed by atoms with Crippen molar-refractivity contribution in [2.45, 2.75) is 12.2 Å². The number of carbonyl (C=O) groups excluding carboxylic acids is 1. The number of hydrogen-bond acceptors (Lipinski definition) is 4. The van der Waals surface area contributed by atoms with Crippen LogP contribution in [0.3, 0.4) is 0 Å². The summed E-state index contributed by atoms with van der Waals surface area (Å²) in [6.07, 6.45) is 0. The second kappa shape index (κ2) is 8.21. The van der Waals surface area contributed by atoms with Crippen LogP contribution in [0.25, 0.3) is 0 Å². The van der Waals surface area contributed by atoms with E-state index in [1.807, 2.05) is 24.3 Å². The first-order chi connectivity index (χ1) is 12.0. The number of hydrogen-bond donors (Lipinski definition) is 1. The van der Waals surface area contributed by atoms with Gasteiger partial charge in [-0.25, -0.2) is 0 Å². The number of halogens is 2. The number of anilines is 1. The minimum absolute atomic E-state index is 0.121. The summed E-state index contributed by atoms with van der Waals surface area (Å²) in [5.41, 5.74) is 1.65. The lowest BCUT2D eigenvalue weighted by molar-refractivity contribution is -0.113. The minimum Gasteiger partial charge on any atom is -0.486 e. The Morgan fingerprint density at radius 3 is 2.48 bits per heavy atom. The molecule has 4 nitrogen and oxygen atoms in total. The Hall–Kier alpha value is -1.56. The zero-order valence-corrected chi connectivity index (χ0v) is 15.9. The van der Waals surface area contributed by atoms with E-state index >= 15 is 0 Å². The summed E-state index contributed by atoms with van der Waals surface area (Å²) < 4.78 is 11.0. The molecule has 3 rings (SSSR count). The van der Waals surface area contributed by atoms with Crippen molar-refractivity contribution in [2.24, 2.45) is 0 Å². The third-order valence-corrected chi connectivity index (χ3v) is 5.48. The molecule has 0 saturated carbocycles. The molecule has 1 N–H and O–H groups in total. The van der Waals surface area contributed by atoms with Crippen molar-refractivity contribution in [3.63, 3.8) is 0 Å². The molecule has 1 unspecified atom stereocenters. The highest BCUT2D eigenvalue weighted by molar-refractivity contribution is 8.00. The highest BCUT2D eigenvalue weighted by Crippen LogP contribution is 2.38. The van der Waals surface area contributed by atoms with Crippen LogP contribution in [-0.2, 0) is 4.79 Å². The zero-order valence-electron chi connectivity index (χ0n) is 13.6. The number of nitrogens with one attached hydrogen (secondary N) is 1. The number of fused-ring (bicyclic) bond motifs is 1. The van der Waals surface area contributed by atoms with Crippen LogP contribution in [0, 0.1) is 0 Å². The molecule has 1 heterocycles. The van der Waals surface area contributed by atoms with E-state index in [1.165, 1.54) is 0 Å². The summed E-state index contributed by atoms with van der Waals surface area (Å²) in [5, 5.41) is 4.13. The Labute approximate surface area is 160 Å². The van der Waals surface area contributed by atoms with Gasteiger partial charge >= 0.3 is 0 Å². The third-order valence-electron chi connectivity index (χ3n) is 3.71. The van der Waals surface area contributed by atoms with Gasteiger partial charge in [0.05, 0.1) is 16.5 Å². The van der Waals surface area contributed by atoms with E-state index in [0.717, 1.165) is 5.56 Å². The number of rotatable bonds is 5. The molecule has 7 heteroatoms. The van der Waals surface area contributed by atoms with E-state index in [1.54, 1.807) is 23.9 Å². The predicted octanol–water partition coefficient (Wildman–Crippen LogP) is 5.20. The maximum atomic E-state index is 12.2. The second-order valence-electron chi connectivity index (χ2n) is 5.53. The maximum absolute atomic E-state index is 12.2. The van der Waals surface area contributed by atoms with Gasteiger partial charge in [0, 0.05) is 22.4 Å². The molecule has 1 aliphatic rings. The molecule has 0 fully saturated rings. The number of ether oxygens (including phenoxy) is 2. The van der Waals surface area contributed by atoms with Gasteiger partial charge in [-0.15, -0.1) is 11.8 Å². The molecular weight excluding hydrogens is 381 g/mol. The lowest BCUT2D eigenvalue weighted by atomic mass is 10.2. The summed E-state index contributed by atoms with van der Waals surface area (Å²) in [5.74, 6) is 1.38. The fraction of sp³-hybridized carbons (Fsp3) is 0.278. The third kappa shape index (κ3) is 4.75. The average Bonchev–Trinajstić information content (AvgIpc) is 2.61. The number of thioether (sulfide) groups is 1. The van der Waals surface area contributed by atoms with E-state index in [2.05, 4.69) is 12.2 Å². The summed E-state index contributed by atoms with van der Waals surface area (Å²) in [4.78, 5) is 12.2. The summed E-state index contributed by atoms with van der Waals surface area (Å²) >= 11 is 13.6. The highest BCUT2D eigenvalue weighted by atomic mass is 35.5. The Morgan fingerprint density at radius 1 is 1.16 bits per heavy atom. The van der Waals surface area contributed by atoms with Crippen molar-refractivity contribution < 1.29 is 14.3 Å². The fourth-order valence-corrected chi connectivity index (χ4v) is 3.53. The van der Waals surface area contributed by atoms with Crippen molar-refractivity contribution in [3.8, 4) is 11.5 Å². The van der Waals surface area contributed by atoms with Gasteiger partial charge in [0.25, 0.3) is 0 Å². The van der Waals surface area contributed by atoms with Crippen molar-refractivity contribution in [2.75, 3.05) is 24.3 Å². The van der Waals surface area contributed by atoms with Crippen molar-refractivity contribution >= 4 is 46.6 Å². The topological polar surface area (TPSA) is 47.6 Å². The van der Waals surface area contributed by atoms with E-state index in [9.17, 15) is 4.79 Å². The van der Waals surface area contributed by atoms with Crippen molar-refractivity contribution in [3.05, 3.63) is 52.0 Å². The molecular formula is C18H17Cl2NO3S. The van der Waals surface area contributed by atoms with Crippen LogP contribution in [-0.4, -0.2) is 24.9 Å². The summed E-state index contributed by atoms with van der Waals surface area (Å²) in [6, 6.07) is 11.0. The highest BCUT2D eigenvalue weighted by Gasteiger charge is 2.17. The van der Waals surface area contributed by atoms with Crippen LogP contribution in [0.1, 0.15) is 17.7 Å². The molecule has 1 aliphatic heterocycles. The van der Waals surface area contributed by atoms with Crippen molar-refractivity contribution in [1.29, 1.82) is 0 Å². The monoisotopic (exact) mass is 397 g/mol. The Bertz CT molecular complexity index is 768. The normalized spacial score (nSPS) is 14.0. The van der Waals surface area contributed by atoms with Crippen LogP contribution in [0.4, 0.5) is 5.69 Å². The number of carbonyl (C=O) groups is 1. The predicted molar refractivity (Wildman–Crippen MR) is 103 cm³/mol. The largest absolute Gasteiger partial charge is 0.486 e. The summed E-state index contributed by atoms with van der Waals surface area (Å²) in [7, 11) is 0. The molecule has 0 spiro atoms. The Morgan fingerprint density at radius 2 is 1.80 bits per heavy atom. The molecule has 0 saturated heterocycles. The van der Waals surface area contributed by atoms with Gasteiger partial charge in [-0.1, -0.05) is 35.3 Å². The maximum Gasteiger partial charge on any atom is 0.234 e. The van der Waals surface area contributed by atoms with Crippen LogP contribution in [0.2, 0.25) is 10.0 Å². The molecule has 0 bridgehead atoms. The molecule has 132 valence electrons. The van der Waals surface area contributed by atoms with Crippen LogP contribution >= 0.6 is 35.0 Å². The first kappa shape index (κ1) is 18.2. The van der Waals surface area contributed by atoms with Crippen LogP contribution < -0.4 is 14.8 Å². The average molecular weight is 398 g/mol. The van der Waals surface area contributed by atoms with E-state index in [-0.39, 0.29) is 11.2 Å². The second-order valence-corrected chi connectivity index (χ2v) is 7.70. The van der Waals surface area contributed by atoms with Gasteiger partial charge in [-0.2, -0.15) is 0 Å². The molecule has 1 atom stereocenters. The van der Waals surface area contributed by atoms with Gasteiger partial charge in [-0.05, 0) is 24.6 Å². The quantitative estimate of drug-likeness (QED) is 0.752. The SMILES string of the molecule is CC(SCC(=O)Nc1cc2c(cc1Cl)OCCO2)c1ccc(Cl)cc1. The number of amides is 1. The van der Waals surface area contributed by atoms with E-state index in [0.29, 0.717) is 46.2 Å². The molecule has 0 aromatic heterocycles.